The maximum absolute atomic E-state index is 8.62. The van der Waals surface area contributed by atoms with Gasteiger partial charge in [-0.1, -0.05) is 68.4 Å². The predicted octanol–water partition coefficient (Wildman–Crippen LogP) is 4.49. The highest BCUT2D eigenvalue weighted by Crippen LogP contribution is 2.21. The van der Waals surface area contributed by atoms with Gasteiger partial charge in [-0.2, -0.15) is 10.1 Å². The lowest BCUT2D eigenvalue weighted by molar-refractivity contribution is 0.433. The van der Waals surface area contributed by atoms with Gasteiger partial charge in [-0.25, -0.2) is 10.4 Å². The molecule has 4 rings (SSSR count). The molecule has 3 N–H and O–H groups in total. The second-order valence-corrected chi connectivity index (χ2v) is 7.59. The molecule has 0 amide bonds. The lowest BCUT2D eigenvalue weighted by Gasteiger charge is -2.20. The van der Waals surface area contributed by atoms with E-state index in [1.165, 1.54) is 0 Å². The molecule has 8 heteroatoms. The fraction of sp³-hybridized carbons (Fsp3) is 0.190. The number of hydrogen-bond donors (Lipinski definition) is 3. The molecular weight excluding hydrogens is 366 g/mol. The smallest absolute Gasteiger partial charge is 0.337 e. The van der Waals surface area contributed by atoms with Crippen LogP contribution in [0.25, 0.3) is 22.4 Å². The fourth-order valence-electron chi connectivity index (χ4n) is 2.72. The minimum Gasteiger partial charge on any atom is -0.337 e. The number of fused-ring (bicyclic) bond motifs is 1. The third-order valence-electron chi connectivity index (χ3n) is 4.32. The Morgan fingerprint density at radius 3 is 2.48 bits per heavy atom. The molecule has 0 bridgehead atoms. The predicted molar refractivity (Wildman–Crippen MR) is 113 cm³/mol. The van der Waals surface area contributed by atoms with Gasteiger partial charge in [0.25, 0.3) is 0 Å². The number of nitrogens with one attached hydrogen (secondary N) is 3. The van der Waals surface area contributed by atoms with Crippen molar-refractivity contribution in [1.82, 2.24) is 20.1 Å². The van der Waals surface area contributed by atoms with Crippen LogP contribution in [-0.2, 0) is 0 Å². The summed E-state index contributed by atoms with van der Waals surface area (Å²) in [7, 11) is 0. The third kappa shape index (κ3) is 3.91. The number of anilines is 1. The van der Waals surface area contributed by atoms with E-state index in [1.807, 2.05) is 75.4 Å². The van der Waals surface area contributed by atoms with Crippen molar-refractivity contribution in [3.05, 3.63) is 60.4 Å². The first-order valence-corrected chi connectivity index (χ1v) is 9.19. The maximum atomic E-state index is 8.62. The Kier molecular flexibility index (Phi) is 4.67. The van der Waals surface area contributed by atoms with Gasteiger partial charge in [0, 0.05) is 11.0 Å². The first kappa shape index (κ1) is 18.5. The van der Waals surface area contributed by atoms with E-state index >= 15 is 0 Å². The number of H-pyrrole nitrogens is 1. The average Bonchev–Trinajstić information content (AvgIpc) is 3.35. The number of nitrogens with zero attached hydrogens (tertiary/aromatic N) is 4. The minimum atomic E-state index is -0.427. The molecule has 146 valence electrons. The molecule has 29 heavy (non-hydrogen) atoms. The van der Waals surface area contributed by atoms with Gasteiger partial charge in [-0.15, -0.1) is 0 Å². The van der Waals surface area contributed by atoms with Crippen LogP contribution in [0.15, 0.2) is 64.2 Å². The minimum absolute atomic E-state index is 0.138. The highest BCUT2D eigenvalue weighted by Gasteiger charge is 2.26. The SMILES string of the molecule is CC(C)(C)C(=N)C(=NNc1nc(-c2ccccc2)no1)c1nc2ccccc2[nH]1. The summed E-state index contributed by atoms with van der Waals surface area (Å²) in [6, 6.07) is 17.3. The molecule has 4 aromatic rings. The van der Waals surface area contributed by atoms with Crippen LogP contribution in [0.3, 0.4) is 0 Å². The molecule has 8 nitrogen and oxygen atoms in total. The highest BCUT2D eigenvalue weighted by atomic mass is 16.5. The molecule has 0 atom stereocenters. The van der Waals surface area contributed by atoms with Crippen LogP contribution < -0.4 is 5.43 Å². The highest BCUT2D eigenvalue weighted by molar-refractivity contribution is 6.48. The monoisotopic (exact) mass is 387 g/mol. The molecule has 0 aliphatic carbocycles. The van der Waals surface area contributed by atoms with Crippen molar-refractivity contribution >= 4 is 28.5 Å². The fourth-order valence-corrected chi connectivity index (χ4v) is 2.72. The Morgan fingerprint density at radius 1 is 1.03 bits per heavy atom. The van der Waals surface area contributed by atoms with Crippen molar-refractivity contribution in [3.63, 3.8) is 0 Å². The lowest BCUT2D eigenvalue weighted by Crippen LogP contribution is -2.30. The van der Waals surface area contributed by atoms with E-state index in [0.29, 0.717) is 23.1 Å². The molecular formula is C21H21N7O. The number of imidazole rings is 1. The topological polar surface area (TPSA) is 116 Å². The quantitative estimate of drug-likeness (QED) is 0.344. The number of aromatic amines is 1. The number of aromatic nitrogens is 4. The van der Waals surface area contributed by atoms with Crippen LogP contribution in [0.2, 0.25) is 0 Å². The van der Waals surface area contributed by atoms with Crippen molar-refractivity contribution in [3.8, 4) is 11.4 Å². The summed E-state index contributed by atoms with van der Waals surface area (Å²) in [5, 5.41) is 17.0. The van der Waals surface area contributed by atoms with Crippen LogP contribution in [-0.4, -0.2) is 31.5 Å². The normalized spacial score (nSPS) is 12.3. The summed E-state index contributed by atoms with van der Waals surface area (Å²) >= 11 is 0. The van der Waals surface area contributed by atoms with Gasteiger partial charge in [0.2, 0.25) is 5.82 Å². The van der Waals surface area contributed by atoms with E-state index in [-0.39, 0.29) is 6.01 Å². The molecule has 0 aliphatic heterocycles. The molecule has 2 aromatic heterocycles. The average molecular weight is 387 g/mol. The van der Waals surface area contributed by atoms with E-state index < -0.39 is 5.41 Å². The molecule has 0 radical (unpaired) electrons. The second kappa shape index (κ2) is 7.31. The molecule has 2 heterocycles. The van der Waals surface area contributed by atoms with Gasteiger partial charge < -0.3 is 14.9 Å². The molecule has 0 aliphatic rings. The maximum Gasteiger partial charge on any atom is 0.342 e. The molecule has 0 saturated heterocycles. The van der Waals surface area contributed by atoms with Gasteiger partial charge >= 0.3 is 6.01 Å². The summed E-state index contributed by atoms with van der Waals surface area (Å²) in [6.45, 7) is 5.86. The van der Waals surface area contributed by atoms with Crippen molar-refractivity contribution in [2.24, 2.45) is 10.5 Å². The molecule has 0 unspecified atom stereocenters. The summed E-state index contributed by atoms with van der Waals surface area (Å²) in [5.41, 5.74) is 5.58. The number of hydrogen-bond acceptors (Lipinski definition) is 7. The van der Waals surface area contributed by atoms with Gasteiger partial charge in [0.1, 0.15) is 5.71 Å². The number of para-hydroxylation sites is 2. The Bertz CT molecular complexity index is 1150. The largest absolute Gasteiger partial charge is 0.342 e. The standard InChI is InChI=1S/C21H21N7O/c1-21(2,3)17(22)16(19-23-14-11-7-8-12-15(14)24-19)26-27-20-25-18(28-29-20)13-9-5-4-6-10-13/h4-12,22H,1-3H3,(H,23,24)(H,25,27,28). The van der Waals surface area contributed by atoms with Gasteiger partial charge in [0.15, 0.2) is 5.82 Å². The number of rotatable bonds is 5. The Morgan fingerprint density at radius 2 is 1.76 bits per heavy atom. The summed E-state index contributed by atoms with van der Waals surface area (Å²) < 4.78 is 5.25. The van der Waals surface area contributed by atoms with E-state index in [2.05, 4.69) is 30.6 Å². The zero-order valence-electron chi connectivity index (χ0n) is 16.4. The lowest BCUT2D eigenvalue weighted by atomic mass is 9.87. The van der Waals surface area contributed by atoms with Gasteiger partial charge in [-0.3, -0.25) is 0 Å². The molecule has 0 fully saturated rings. The summed E-state index contributed by atoms with van der Waals surface area (Å²) in [4.78, 5) is 12.1. The van der Waals surface area contributed by atoms with Crippen LogP contribution in [0.1, 0.15) is 26.6 Å². The van der Waals surface area contributed by atoms with Crippen LogP contribution >= 0.6 is 0 Å². The first-order valence-electron chi connectivity index (χ1n) is 9.19. The van der Waals surface area contributed by atoms with Crippen LogP contribution in [0.5, 0.6) is 0 Å². The van der Waals surface area contributed by atoms with Crippen molar-refractivity contribution in [2.45, 2.75) is 20.8 Å². The van der Waals surface area contributed by atoms with E-state index in [4.69, 9.17) is 9.93 Å². The van der Waals surface area contributed by atoms with Crippen LogP contribution in [0, 0.1) is 10.8 Å². The van der Waals surface area contributed by atoms with E-state index in [9.17, 15) is 0 Å². The zero-order valence-corrected chi connectivity index (χ0v) is 16.4. The summed E-state index contributed by atoms with van der Waals surface area (Å²) in [5.74, 6) is 0.959. The van der Waals surface area contributed by atoms with Crippen LogP contribution in [0.4, 0.5) is 6.01 Å². The number of hydrazone groups is 1. The zero-order chi connectivity index (χ0) is 20.4. The first-order chi connectivity index (χ1) is 13.9. The summed E-state index contributed by atoms with van der Waals surface area (Å²) in [6.07, 6.45) is 0. The molecule has 0 saturated carbocycles. The Balaban J connectivity index is 1.67. The Hall–Kier alpha value is -3.81. The molecule has 2 aromatic carbocycles. The van der Waals surface area contributed by atoms with E-state index in [0.717, 1.165) is 16.6 Å². The van der Waals surface area contributed by atoms with Crippen molar-refractivity contribution < 1.29 is 4.52 Å². The molecule has 0 spiro atoms. The third-order valence-corrected chi connectivity index (χ3v) is 4.32. The van der Waals surface area contributed by atoms with Gasteiger partial charge in [0.05, 0.1) is 16.7 Å². The van der Waals surface area contributed by atoms with E-state index in [1.54, 1.807) is 0 Å². The second-order valence-electron chi connectivity index (χ2n) is 7.59. The van der Waals surface area contributed by atoms with Crippen molar-refractivity contribution in [2.75, 3.05) is 5.43 Å². The van der Waals surface area contributed by atoms with Gasteiger partial charge in [-0.05, 0) is 12.1 Å². The Labute approximate surface area is 167 Å². The van der Waals surface area contributed by atoms with Crippen molar-refractivity contribution in [1.29, 1.82) is 5.41 Å². The number of benzene rings is 2.